The van der Waals surface area contributed by atoms with Gasteiger partial charge in [0.25, 0.3) is 11.6 Å². The lowest BCUT2D eigenvalue weighted by Crippen LogP contribution is -2.18. The summed E-state index contributed by atoms with van der Waals surface area (Å²) >= 11 is 0. The van der Waals surface area contributed by atoms with Gasteiger partial charge >= 0.3 is 0 Å². The summed E-state index contributed by atoms with van der Waals surface area (Å²) in [7, 11) is 1.47. The largest absolute Gasteiger partial charge is 0.374 e. The van der Waals surface area contributed by atoms with E-state index in [9.17, 15) is 14.9 Å². The van der Waals surface area contributed by atoms with Crippen molar-refractivity contribution in [2.45, 2.75) is 6.54 Å². The van der Waals surface area contributed by atoms with Crippen molar-refractivity contribution >= 4 is 22.9 Å². The zero-order chi connectivity index (χ0) is 17.1. The lowest BCUT2D eigenvalue weighted by atomic mass is 10.1. The molecule has 0 aliphatic heterocycles. The van der Waals surface area contributed by atoms with Crippen molar-refractivity contribution in [1.29, 1.82) is 0 Å². The van der Waals surface area contributed by atoms with Crippen molar-refractivity contribution < 1.29 is 9.72 Å². The van der Waals surface area contributed by atoms with Gasteiger partial charge in [0.1, 0.15) is 5.69 Å². The number of nitro groups is 1. The summed E-state index contributed by atoms with van der Waals surface area (Å²) in [6.45, 7) is 0.320. The smallest absolute Gasteiger partial charge is 0.293 e. The maximum Gasteiger partial charge on any atom is 0.293 e. The number of carbonyl (C=O) groups is 1. The molecule has 2 heterocycles. The standard InChI is InChI=1S/C15H14N6O3/c1-16-15(22)10-2-3-12(13(8-10)21(23)24)18-9-11-4-6-17-14-5-7-19-20(11)14/h2-8,18H,9H2,1H3,(H,16,22). The Morgan fingerprint density at radius 3 is 2.88 bits per heavy atom. The maximum atomic E-state index is 11.6. The number of carbonyl (C=O) groups excluding carboxylic acids is 1. The van der Waals surface area contributed by atoms with E-state index < -0.39 is 4.92 Å². The van der Waals surface area contributed by atoms with E-state index in [-0.39, 0.29) is 17.2 Å². The quantitative estimate of drug-likeness (QED) is 0.544. The molecule has 3 aromatic rings. The predicted molar refractivity (Wildman–Crippen MR) is 86.8 cm³/mol. The number of anilines is 1. The fraction of sp³-hybridized carbons (Fsp3) is 0.133. The first kappa shape index (κ1) is 15.4. The second-order valence-electron chi connectivity index (χ2n) is 4.96. The van der Waals surface area contributed by atoms with Crippen LogP contribution in [0.25, 0.3) is 5.65 Å². The topological polar surface area (TPSA) is 114 Å². The van der Waals surface area contributed by atoms with Crippen LogP contribution in [-0.2, 0) is 6.54 Å². The summed E-state index contributed by atoms with van der Waals surface area (Å²) in [6.07, 6.45) is 3.28. The second-order valence-corrected chi connectivity index (χ2v) is 4.96. The lowest BCUT2D eigenvalue weighted by molar-refractivity contribution is -0.384. The normalized spacial score (nSPS) is 10.5. The molecule has 24 heavy (non-hydrogen) atoms. The number of nitrogens with one attached hydrogen (secondary N) is 2. The Labute approximate surface area is 136 Å². The van der Waals surface area contributed by atoms with Crippen molar-refractivity contribution in [2.24, 2.45) is 0 Å². The van der Waals surface area contributed by atoms with Gasteiger partial charge < -0.3 is 10.6 Å². The molecule has 0 aliphatic carbocycles. The molecule has 2 N–H and O–H groups in total. The van der Waals surface area contributed by atoms with Crippen LogP contribution in [0.4, 0.5) is 11.4 Å². The van der Waals surface area contributed by atoms with Crippen molar-refractivity contribution in [1.82, 2.24) is 19.9 Å². The molecule has 9 heteroatoms. The molecule has 1 amide bonds. The molecular weight excluding hydrogens is 312 g/mol. The van der Waals surface area contributed by atoms with Crippen molar-refractivity contribution in [2.75, 3.05) is 12.4 Å². The van der Waals surface area contributed by atoms with Gasteiger partial charge in [-0.25, -0.2) is 9.50 Å². The number of nitro benzene ring substituents is 1. The molecule has 0 atom stereocenters. The van der Waals surface area contributed by atoms with Crippen LogP contribution in [0.5, 0.6) is 0 Å². The van der Waals surface area contributed by atoms with E-state index >= 15 is 0 Å². The van der Waals surface area contributed by atoms with E-state index in [2.05, 4.69) is 20.7 Å². The molecule has 0 unspecified atom stereocenters. The van der Waals surface area contributed by atoms with Crippen LogP contribution in [0.2, 0.25) is 0 Å². The number of benzene rings is 1. The molecule has 1 aromatic carbocycles. The van der Waals surface area contributed by atoms with E-state index in [0.29, 0.717) is 17.9 Å². The molecule has 2 aromatic heterocycles. The van der Waals surface area contributed by atoms with Crippen LogP contribution < -0.4 is 10.6 Å². The van der Waals surface area contributed by atoms with Gasteiger partial charge in [-0.3, -0.25) is 14.9 Å². The average molecular weight is 326 g/mol. The molecule has 0 radical (unpaired) electrons. The van der Waals surface area contributed by atoms with Gasteiger partial charge in [0, 0.05) is 30.9 Å². The number of fused-ring (bicyclic) bond motifs is 1. The molecule has 9 nitrogen and oxygen atoms in total. The molecule has 0 saturated carbocycles. The fourth-order valence-electron chi connectivity index (χ4n) is 2.32. The first-order valence-corrected chi connectivity index (χ1v) is 7.12. The molecule has 0 spiro atoms. The Morgan fingerprint density at radius 2 is 2.12 bits per heavy atom. The van der Waals surface area contributed by atoms with E-state index in [1.807, 2.05) is 0 Å². The highest BCUT2D eigenvalue weighted by atomic mass is 16.6. The van der Waals surface area contributed by atoms with Crippen molar-refractivity contribution in [3.05, 3.63) is 64.1 Å². The predicted octanol–water partition coefficient (Wildman–Crippen LogP) is 1.61. The third-order valence-corrected chi connectivity index (χ3v) is 3.51. The molecule has 0 aliphatic rings. The van der Waals surface area contributed by atoms with Gasteiger partial charge in [-0.1, -0.05) is 0 Å². The first-order valence-electron chi connectivity index (χ1n) is 7.12. The zero-order valence-electron chi connectivity index (χ0n) is 12.8. The van der Waals surface area contributed by atoms with Gasteiger partial charge in [-0.05, 0) is 18.2 Å². The van der Waals surface area contributed by atoms with E-state index in [1.165, 1.54) is 25.2 Å². The van der Waals surface area contributed by atoms with Crippen LogP contribution in [-0.4, -0.2) is 32.5 Å². The number of nitrogens with zero attached hydrogens (tertiary/aromatic N) is 4. The Hall–Kier alpha value is -3.49. The molecule has 0 saturated heterocycles. The third-order valence-electron chi connectivity index (χ3n) is 3.51. The molecule has 0 bridgehead atoms. The minimum absolute atomic E-state index is 0.165. The zero-order valence-corrected chi connectivity index (χ0v) is 12.8. The summed E-state index contributed by atoms with van der Waals surface area (Å²) in [5.74, 6) is -0.378. The SMILES string of the molecule is CNC(=O)c1ccc(NCc2ccnc3ccnn23)c([N+](=O)[O-])c1. The van der Waals surface area contributed by atoms with Gasteiger partial charge in [0.15, 0.2) is 5.65 Å². The summed E-state index contributed by atoms with van der Waals surface area (Å²) in [5, 5.41) is 20.9. The minimum atomic E-state index is -0.523. The molecule has 122 valence electrons. The average Bonchev–Trinajstić information content (AvgIpc) is 3.08. The highest BCUT2D eigenvalue weighted by Crippen LogP contribution is 2.26. The fourth-order valence-corrected chi connectivity index (χ4v) is 2.32. The molecule has 3 rings (SSSR count). The summed E-state index contributed by atoms with van der Waals surface area (Å²) in [5.41, 5.74) is 1.88. The summed E-state index contributed by atoms with van der Waals surface area (Å²) in [6, 6.07) is 7.84. The number of amides is 1. The number of rotatable bonds is 5. The van der Waals surface area contributed by atoms with Gasteiger partial charge in [-0.15, -0.1) is 0 Å². The Bertz CT molecular complexity index is 920. The highest BCUT2D eigenvalue weighted by Gasteiger charge is 2.17. The number of aromatic nitrogens is 3. The number of hydrogen-bond acceptors (Lipinski definition) is 6. The van der Waals surface area contributed by atoms with Crippen LogP contribution in [0.1, 0.15) is 16.1 Å². The van der Waals surface area contributed by atoms with E-state index in [0.717, 1.165) is 5.69 Å². The Kier molecular flexibility index (Phi) is 4.06. The Balaban J connectivity index is 1.88. The van der Waals surface area contributed by atoms with Crippen molar-refractivity contribution in [3.8, 4) is 0 Å². The summed E-state index contributed by atoms with van der Waals surface area (Å²) < 4.78 is 1.65. The van der Waals surface area contributed by atoms with Crippen LogP contribution >= 0.6 is 0 Å². The van der Waals surface area contributed by atoms with Gasteiger partial charge in [-0.2, -0.15) is 5.10 Å². The molecular formula is C15H14N6O3. The third kappa shape index (κ3) is 2.86. The van der Waals surface area contributed by atoms with E-state index in [1.54, 1.807) is 29.0 Å². The van der Waals surface area contributed by atoms with Crippen molar-refractivity contribution in [3.63, 3.8) is 0 Å². The van der Waals surface area contributed by atoms with Gasteiger partial charge in [0.2, 0.25) is 0 Å². The summed E-state index contributed by atoms with van der Waals surface area (Å²) in [4.78, 5) is 26.5. The first-order chi connectivity index (χ1) is 11.6. The minimum Gasteiger partial charge on any atom is -0.374 e. The van der Waals surface area contributed by atoms with E-state index in [4.69, 9.17) is 0 Å². The van der Waals surface area contributed by atoms with Crippen LogP contribution in [0.3, 0.4) is 0 Å². The number of hydrogen-bond donors (Lipinski definition) is 2. The highest BCUT2D eigenvalue weighted by molar-refractivity contribution is 5.95. The van der Waals surface area contributed by atoms with Crippen LogP contribution in [0.15, 0.2) is 42.7 Å². The monoisotopic (exact) mass is 326 g/mol. The Morgan fingerprint density at radius 1 is 1.29 bits per heavy atom. The molecule has 0 fully saturated rings. The maximum absolute atomic E-state index is 11.6. The van der Waals surface area contributed by atoms with Crippen LogP contribution in [0, 0.1) is 10.1 Å². The lowest BCUT2D eigenvalue weighted by Gasteiger charge is -2.09. The van der Waals surface area contributed by atoms with Gasteiger partial charge in [0.05, 0.1) is 23.4 Å². The second kappa shape index (κ2) is 6.32.